The number of carbonyl (C=O) groups is 1. The molecule has 0 atom stereocenters. The molecule has 0 spiro atoms. The van der Waals surface area contributed by atoms with Crippen LogP contribution >= 0.6 is 0 Å². The summed E-state index contributed by atoms with van der Waals surface area (Å²) in [4.78, 5) is 16.6. The average molecular weight is 383 g/mol. The first-order valence-electron chi connectivity index (χ1n) is 9.09. The van der Waals surface area contributed by atoms with Crippen molar-refractivity contribution in [1.82, 2.24) is 14.1 Å². The van der Waals surface area contributed by atoms with Crippen LogP contribution in [0.2, 0.25) is 0 Å². The van der Waals surface area contributed by atoms with Gasteiger partial charge in [0.05, 0.1) is 16.6 Å². The largest absolute Gasteiger partial charge is 0.304 e. The summed E-state index contributed by atoms with van der Waals surface area (Å²) < 4.78 is 29.5. The SMILES string of the molecule is O=C(c1ccc(S(=O)(=O)NCCCc2ncc3ccccn23)cc1)C1CC1. The smallest absolute Gasteiger partial charge is 0.240 e. The molecule has 0 radical (unpaired) electrons. The molecule has 0 saturated heterocycles. The van der Waals surface area contributed by atoms with Gasteiger partial charge in [-0.2, -0.15) is 0 Å². The van der Waals surface area contributed by atoms with Crippen molar-refractivity contribution < 1.29 is 13.2 Å². The van der Waals surface area contributed by atoms with E-state index in [0.717, 1.165) is 24.2 Å². The molecular weight excluding hydrogens is 362 g/mol. The summed E-state index contributed by atoms with van der Waals surface area (Å²) in [6.07, 6.45) is 6.95. The normalized spacial score (nSPS) is 14.5. The van der Waals surface area contributed by atoms with Crippen molar-refractivity contribution in [1.29, 1.82) is 0 Å². The number of carbonyl (C=O) groups excluding carboxylic acids is 1. The molecule has 1 aromatic carbocycles. The van der Waals surface area contributed by atoms with Crippen LogP contribution in [-0.2, 0) is 16.4 Å². The van der Waals surface area contributed by atoms with Crippen molar-refractivity contribution >= 4 is 21.3 Å². The maximum absolute atomic E-state index is 12.4. The number of aryl methyl sites for hydroxylation is 1. The van der Waals surface area contributed by atoms with Crippen LogP contribution in [0.5, 0.6) is 0 Å². The van der Waals surface area contributed by atoms with Gasteiger partial charge >= 0.3 is 0 Å². The number of rotatable bonds is 8. The Bertz CT molecular complexity index is 1070. The molecule has 27 heavy (non-hydrogen) atoms. The maximum Gasteiger partial charge on any atom is 0.240 e. The Kier molecular flexibility index (Phi) is 4.80. The minimum atomic E-state index is -3.58. The van der Waals surface area contributed by atoms with Crippen LogP contribution < -0.4 is 4.72 Å². The van der Waals surface area contributed by atoms with E-state index in [-0.39, 0.29) is 16.6 Å². The highest BCUT2D eigenvalue weighted by molar-refractivity contribution is 7.89. The van der Waals surface area contributed by atoms with Crippen LogP contribution in [0.25, 0.3) is 5.52 Å². The van der Waals surface area contributed by atoms with Crippen molar-refractivity contribution in [3.05, 3.63) is 66.2 Å². The number of nitrogens with one attached hydrogen (secondary N) is 1. The van der Waals surface area contributed by atoms with Gasteiger partial charge in [-0.05, 0) is 43.5 Å². The van der Waals surface area contributed by atoms with E-state index < -0.39 is 10.0 Å². The van der Waals surface area contributed by atoms with E-state index in [2.05, 4.69) is 9.71 Å². The van der Waals surface area contributed by atoms with Crippen molar-refractivity contribution in [3.8, 4) is 0 Å². The first-order chi connectivity index (χ1) is 13.0. The molecule has 3 aromatic rings. The van der Waals surface area contributed by atoms with Crippen molar-refractivity contribution in [2.75, 3.05) is 6.54 Å². The zero-order chi connectivity index (χ0) is 18.9. The lowest BCUT2D eigenvalue weighted by Crippen LogP contribution is -2.25. The number of fused-ring (bicyclic) bond motifs is 1. The summed E-state index contributed by atoms with van der Waals surface area (Å²) in [5.41, 5.74) is 1.61. The molecule has 1 aliphatic carbocycles. The number of imidazole rings is 1. The van der Waals surface area contributed by atoms with Gasteiger partial charge < -0.3 is 4.40 Å². The topological polar surface area (TPSA) is 80.5 Å². The number of sulfonamides is 1. The van der Waals surface area contributed by atoms with E-state index in [1.54, 1.807) is 12.1 Å². The first-order valence-corrected chi connectivity index (χ1v) is 10.6. The molecule has 140 valence electrons. The van der Waals surface area contributed by atoms with Crippen LogP contribution in [0.15, 0.2) is 59.8 Å². The Morgan fingerprint density at radius 1 is 1.15 bits per heavy atom. The van der Waals surface area contributed by atoms with Gasteiger partial charge in [-0.15, -0.1) is 0 Å². The molecule has 1 N–H and O–H groups in total. The Morgan fingerprint density at radius 3 is 2.67 bits per heavy atom. The predicted molar refractivity (Wildman–Crippen MR) is 102 cm³/mol. The molecule has 6 nitrogen and oxygen atoms in total. The van der Waals surface area contributed by atoms with E-state index >= 15 is 0 Å². The highest BCUT2D eigenvalue weighted by Crippen LogP contribution is 2.32. The molecule has 4 rings (SSSR count). The Hall–Kier alpha value is -2.51. The molecular formula is C20H21N3O3S. The average Bonchev–Trinajstić information content (AvgIpc) is 3.46. The quantitative estimate of drug-likeness (QED) is 0.479. The zero-order valence-electron chi connectivity index (χ0n) is 14.8. The van der Waals surface area contributed by atoms with Crippen LogP contribution in [0.1, 0.15) is 35.4 Å². The summed E-state index contributed by atoms with van der Waals surface area (Å²) in [6.45, 7) is 0.326. The second kappa shape index (κ2) is 7.25. The van der Waals surface area contributed by atoms with Crippen LogP contribution in [0.3, 0.4) is 0 Å². The monoisotopic (exact) mass is 383 g/mol. The van der Waals surface area contributed by atoms with Crippen molar-refractivity contribution in [2.24, 2.45) is 5.92 Å². The van der Waals surface area contributed by atoms with Gasteiger partial charge in [0.2, 0.25) is 10.0 Å². The maximum atomic E-state index is 12.4. The lowest BCUT2D eigenvalue weighted by Gasteiger charge is -2.07. The fourth-order valence-electron chi connectivity index (χ4n) is 3.10. The number of Topliss-reactive ketones (excluding diaryl/α,β-unsaturated/α-hetero) is 1. The molecule has 0 bridgehead atoms. The summed E-state index contributed by atoms with van der Waals surface area (Å²) >= 11 is 0. The van der Waals surface area contributed by atoms with Gasteiger partial charge in [-0.1, -0.05) is 18.2 Å². The number of aromatic nitrogens is 2. The molecule has 1 fully saturated rings. The second-order valence-electron chi connectivity index (χ2n) is 6.83. The van der Waals surface area contributed by atoms with Crippen molar-refractivity contribution in [2.45, 2.75) is 30.6 Å². The minimum Gasteiger partial charge on any atom is -0.304 e. The second-order valence-corrected chi connectivity index (χ2v) is 8.60. The standard InChI is InChI=1S/C20H21N3O3S/c24-20(15-6-7-15)16-8-10-18(11-9-16)27(25,26)22-12-3-5-19-21-14-17-4-1-2-13-23(17)19/h1-2,4,8-11,13-15,22H,3,5-7,12H2. The molecule has 0 aliphatic heterocycles. The summed E-state index contributed by atoms with van der Waals surface area (Å²) in [5.74, 6) is 1.15. The lowest BCUT2D eigenvalue weighted by molar-refractivity contribution is 0.0967. The molecule has 1 saturated carbocycles. The van der Waals surface area contributed by atoms with E-state index in [1.165, 1.54) is 12.1 Å². The highest BCUT2D eigenvalue weighted by Gasteiger charge is 2.30. The third-order valence-corrected chi connectivity index (χ3v) is 6.26. The fraction of sp³-hybridized carbons (Fsp3) is 0.300. The lowest BCUT2D eigenvalue weighted by atomic mass is 10.1. The fourth-order valence-corrected chi connectivity index (χ4v) is 4.17. The third-order valence-electron chi connectivity index (χ3n) is 4.78. The summed E-state index contributed by atoms with van der Waals surface area (Å²) in [7, 11) is -3.58. The predicted octanol–water partition coefficient (Wildman–Crippen LogP) is 2.84. The number of ketones is 1. The molecule has 2 aromatic heterocycles. The molecule has 2 heterocycles. The van der Waals surface area contributed by atoms with Gasteiger partial charge in [0.15, 0.2) is 5.78 Å². The number of benzene rings is 1. The van der Waals surface area contributed by atoms with E-state index in [1.807, 2.05) is 35.0 Å². The van der Waals surface area contributed by atoms with Gasteiger partial charge in [0.1, 0.15) is 5.82 Å². The minimum absolute atomic E-state index is 0.110. The number of nitrogens with zero attached hydrogens (tertiary/aromatic N) is 2. The Labute approximate surface area is 158 Å². The van der Waals surface area contributed by atoms with Gasteiger partial charge in [0, 0.05) is 30.6 Å². The number of pyridine rings is 1. The zero-order valence-corrected chi connectivity index (χ0v) is 15.7. The Morgan fingerprint density at radius 2 is 1.93 bits per heavy atom. The summed E-state index contributed by atoms with van der Waals surface area (Å²) in [6, 6.07) is 12.1. The van der Waals surface area contributed by atoms with E-state index in [0.29, 0.717) is 24.9 Å². The summed E-state index contributed by atoms with van der Waals surface area (Å²) in [5, 5.41) is 0. The highest BCUT2D eigenvalue weighted by atomic mass is 32.2. The van der Waals surface area contributed by atoms with Gasteiger partial charge in [0.25, 0.3) is 0 Å². The number of hydrogen-bond donors (Lipinski definition) is 1. The van der Waals surface area contributed by atoms with Gasteiger partial charge in [-0.3, -0.25) is 4.79 Å². The Balaban J connectivity index is 1.33. The molecule has 7 heteroatoms. The van der Waals surface area contributed by atoms with Crippen LogP contribution in [0, 0.1) is 5.92 Å². The number of hydrogen-bond acceptors (Lipinski definition) is 4. The van der Waals surface area contributed by atoms with Gasteiger partial charge in [-0.25, -0.2) is 18.1 Å². The van der Waals surface area contributed by atoms with E-state index in [9.17, 15) is 13.2 Å². The van der Waals surface area contributed by atoms with Crippen LogP contribution in [0.4, 0.5) is 0 Å². The first kappa shape index (κ1) is 17.9. The molecule has 1 aliphatic rings. The van der Waals surface area contributed by atoms with Crippen LogP contribution in [-0.4, -0.2) is 30.1 Å². The third kappa shape index (κ3) is 3.94. The van der Waals surface area contributed by atoms with E-state index in [4.69, 9.17) is 0 Å². The molecule has 0 unspecified atom stereocenters. The molecule has 0 amide bonds. The van der Waals surface area contributed by atoms with Crippen molar-refractivity contribution in [3.63, 3.8) is 0 Å².